The first-order chi connectivity index (χ1) is 20.0. The molecule has 10 heteroatoms. The Bertz CT molecular complexity index is 1510. The van der Waals surface area contributed by atoms with Crippen molar-refractivity contribution in [2.24, 2.45) is 17.8 Å². The predicted octanol–water partition coefficient (Wildman–Crippen LogP) is 2.43. The van der Waals surface area contributed by atoms with E-state index in [2.05, 4.69) is 33.5 Å². The number of nitrogens with one attached hydrogen (secondary N) is 2. The van der Waals surface area contributed by atoms with E-state index >= 15 is 0 Å². The third-order valence-corrected chi connectivity index (χ3v) is 10.2. The number of rotatable bonds is 5. The molecule has 3 N–H and O–H groups in total. The molecule has 0 saturated carbocycles. The second-order valence-corrected chi connectivity index (χ2v) is 13.6. The number of ether oxygens (including phenoxy) is 1. The van der Waals surface area contributed by atoms with E-state index < -0.39 is 41.5 Å². The molecule has 3 amide bonds. The van der Waals surface area contributed by atoms with Crippen LogP contribution in [0.4, 0.5) is 0 Å². The van der Waals surface area contributed by atoms with E-state index in [0.717, 1.165) is 29.5 Å². The monoisotopic (exact) mass is 575 g/mol. The highest BCUT2D eigenvalue weighted by Crippen LogP contribution is 2.48. The first-order valence-corrected chi connectivity index (χ1v) is 15.4. The average molecular weight is 576 g/mol. The van der Waals surface area contributed by atoms with Gasteiger partial charge >= 0.3 is 0 Å². The van der Waals surface area contributed by atoms with Crippen molar-refractivity contribution in [1.82, 2.24) is 25.0 Å². The standard InChI is InChI=1S/C32H41N5O5/c1-17(2)12-25-29(39)36-11-7-10-26(36)32(41)37(25)30(40)31(42-32,18(3)4)34-28(38)20-13-22-21-8-6-9-23-27(21)19(15-33-23)14-24(22)35(5)16-20/h6,8-9,13,15,17-18,20,24-26,33,41H,7,10-12,14,16H2,1-5H3,(H,34,38)/t20-,24+,25+,26-,31-,32-/m1/s1. The summed E-state index contributed by atoms with van der Waals surface area (Å²) in [5.41, 5.74) is 2.79. The van der Waals surface area contributed by atoms with Gasteiger partial charge in [0.15, 0.2) is 0 Å². The van der Waals surface area contributed by atoms with Crippen molar-refractivity contribution < 1.29 is 24.2 Å². The molecule has 7 rings (SSSR count). The normalized spacial score (nSPS) is 34.2. The van der Waals surface area contributed by atoms with Crippen LogP contribution in [-0.2, 0) is 25.5 Å². The van der Waals surface area contributed by atoms with E-state index in [9.17, 15) is 19.5 Å². The minimum atomic E-state index is -2.00. The lowest BCUT2D eigenvalue weighted by Gasteiger charge is -2.49. The van der Waals surface area contributed by atoms with Crippen molar-refractivity contribution >= 4 is 34.2 Å². The minimum absolute atomic E-state index is 0.108. The van der Waals surface area contributed by atoms with Crippen LogP contribution in [0.25, 0.3) is 16.5 Å². The predicted molar refractivity (Wildman–Crippen MR) is 156 cm³/mol. The number of amides is 3. The second-order valence-electron chi connectivity index (χ2n) is 13.6. The Morgan fingerprint density at radius 2 is 2.02 bits per heavy atom. The minimum Gasteiger partial charge on any atom is -0.361 e. The molecule has 0 radical (unpaired) electrons. The lowest BCUT2D eigenvalue weighted by atomic mass is 9.79. The molecule has 6 atom stereocenters. The number of carbonyl (C=O) groups is 3. The van der Waals surface area contributed by atoms with Gasteiger partial charge < -0.3 is 20.3 Å². The van der Waals surface area contributed by atoms with Gasteiger partial charge in [-0.05, 0) is 61.4 Å². The summed E-state index contributed by atoms with van der Waals surface area (Å²) in [6, 6.07) is 4.84. The fraction of sp³-hybridized carbons (Fsp3) is 0.594. The number of hydrogen-bond donors (Lipinski definition) is 3. The van der Waals surface area contributed by atoms with E-state index in [-0.39, 0.29) is 23.8 Å². The molecule has 1 aromatic carbocycles. The number of aliphatic hydroxyl groups is 1. The van der Waals surface area contributed by atoms with E-state index in [0.29, 0.717) is 25.9 Å². The number of H-pyrrole nitrogens is 1. The summed E-state index contributed by atoms with van der Waals surface area (Å²) in [5.74, 6) is -3.97. The zero-order valence-corrected chi connectivity index (χ0v) is 25.0. The van der Waals surface area contributed by atoms with Crippen LogP contribution in [0.1, 0.15) is 58.1 Å². The number of benzene rings is 1. The molecule has 1 aliphatic carbocycles. The topological polar surface area (TPSA) is 118 Å². The number of aromatic nitrogens is 1. The summed E-state index contributed by atoms with van der Waals surface area (Å²) in [6.45, 7) is 8.60. The van der Waals surface area contributed by atoms with Crippen LogP contribution in [0.5, 0.6) is 0 Å². The molecule has 224 valence electrons. The molecule has 0 bridgehead atoms. The largest absolute Gasteiger partial charge is 0.361 e. The maximum absolute atomic E-state index is 14.4. The smallest absolute Gasteiger partial charge is 0.281 e. The lowest BCUT2D eigenvalue weighted by molar-refractivity contribution is -0.322. The van der Waals surface area contributed by atoms with Crippen molar-refractivity contribution in [3.05, 3.63) is 41.6 Å². The van der Waals surface area contributed by atoms with E-state index in [1.807, 2.05) is 46.9 Å². The fourth-order valence-electron chi connectivity index (χ4n) is 8.10. The van der Waals surface area contributed by atoms with Crippen molar-refractivity contribution in [3.63, 3.8) is 0 Å². The molecule has 5 heterocycles. The van der Waals surface area contributed by atoms with E-state index in [4.69, 9.17) is 4.74 Å². The SMILES string of the molecule is CC(C)C[C@H]1C(=O)N2CCC[C@@H]2[C@@]2(O)O[C@](NC(=O)[C@@H]3C=C4c5cccc6[nH]cc(c56)C[C@@H]4N(C)C3)(C(C)C)C(=O)N12. The molecule has 4 aliphatic heterocycles. The van der Waals surface area contributed by atoms with Gasteiger partial charge in [0.05, 0.1) is 5.92 Å². The molecular formula is C32H41N5O5. The Kier molecular flexibility index (Phi) is 6.18. The second kappa shape index (κ2) is 9.39. The number of fused-ring (bicyclic) bond motifs is 5. The van der Waals surface area contributed by atoms with Crippen molar-refractivity contribution in [2.75, 3.05) is 20.1 Å². The van der Waals surface area contributed by atoms with Crippen LogP contribution in [-0.4, -0.2) is 92.4 Å². The van der Waals surface area contributed by atoms with Crippen molar-refractivity contribution in [1.29, 1.82) is 0 Å². The molecule has 3 saturated heterocycles. The van der Waals surface area contributed by atoms with Crippen LogP contribution < -0.4 is 5.32 Å². The van der Waals surface area contributed by atoms with Gasteiger partial charge in [-0.25, -0.2) is 0 Å². The van der Waals surface area contributed by atoms with Gasteiger partial charge in [0.1, 0.15) is 12.1 Å². The summed E-state index contributed by atoms with van der Waals surface area (Å²) < 4.78 is 6.43. The highest BCUT2D eigenvalue weighted by Gasteiger charge is 2.72. The Morgan fingerprint density at radius 1 is 1.24 bits per heavy atom. The maximum atomic E-state index is 14.4. The zero-order chi connectivity index (χ0) is 29.7. The Morgan fingerprint density at radius 3 is 2.76 bits per heavy atom. The van der Waals surface area contributed by atoms with Gasteiger partial charge in [-0.2, -0.15) is 0 Å². The fourth-order valence-corrected chi connectivity index (χ4v) is 8.10. The van der Waals surface area contributed by atoms with Gasteiger partial charge in [0.2, 0.25) is 17.5 Å². The quantitative estimate of drug-likeness (QED) is 0.504. The van der Waals surface area contributed by atoms with Gasteiger partial charge in [-0.15, -0.1) is 0 Å². The molecule has 0 spiro atoms. The molecule has 42 heavy (non-hydrogen) atoms. The molecule has 0 unspecified atom stereocenters. The Hall–Kier alpha value is -3.21. The Balaban J connectivity index is 1.24. The third-order valence-electron chi connectivity index (χ3n) is 10.2. The molecule has 10 nitrogen and oxygen atoms in total. The highest BCUT2D eigenvalue weighted by atomic mass is 16.7. The van der Waals surface area contributed by atoms with Crippen LogP contribution in [0.2, 0.25) is 0 Å². The number of likely N-dealkylation sites (N-methyl/N-ethyl adjacent to an activating group) is 1. The highest BCUT2D eigenvalue weighted by molar-refractivity contribution is 6.01. The van der Waals surface area contributed by atoms with Crippen molar-refractivity contribution in [2.45, 2.75) is 83.1 Å². The third kappa shape index (κ3) is 3.70. The number of aromatic amines is 1. The summed E-state index contributed by atoms with van der Waals surface area (Å²) >= 11 is 0. The molecule has 3 fully saturated rings. The molecular weight excluding hydrogens is 534 g/mol. The number of nitrogens with zero attached hydrogens (tertiary/aromatic N) is 3. The maximum Gasteiger partial charge on any atom is 0.281 e. The van der Waals surface area contributed by atoms with Gasteiger partial charge in [-0.3, -0.25) is 28.9 Å². The lowest BCUT2D eigenvalue weighted by Crippen LogP contribution is -2.71. The van der Waals surface area contributed by atoms with Gasteiger partial charge in [0, 0.05) is 42.1 Å². The number of carbonyl (C=O) groups excluding carboxylic acids is 3. The summed E-state index contributed by atoms with van der Waals surface area (Å²) in [6.07, 6.45) is 6.62. The number of hydrogen-bond acceptors (Lipinski definition) is 6. The van der Waals surface area contributed by atoms with Crippen LogP contribution in [0, 0.1) is 17.8 Å². The van der Waals surface area contributed by atoms with E-state index in [1.165, 1.54) is 15.8 Å². The van der Waals surface area contributed by atoms with Crippen molar-refractivity contribution in [3.8, 4) is 0 Å². The molecule has 5 aliphatic rings. The van der Waals surface area contributed by atoms with Gasteiger partial charge in [-0.1, -0.05) is 45.9 Å². The molecule has 1 aromatic heterocycles. The van der Waals surface area contributed by atoms with Gasteiger partial charge in [0.25, 0.3) is 11.8 Å². The number of piperazine rings is 1. The molecule has 2 aromatic rings. The summed E-state index contributed by atoms with van der Waals surface area (Å²) in [5, 5.41) is 16.3. The average Bonchev–Trinajstić information content (AvgIpc) is 3.65. The van der Waals surface area contributed by atoms with Crippen LogP contribution in [0.3, 0.4) is 0 Å². The summed E-state index contributed by atoms with van der Waals surface area (Å²) in [7, 11) is 2.03. The summed E-state index contributed by atoms with van der Waals surface area (Å²) in [4.78, 5) is 50.7. The first kappa shape index (κ1) is 27.6. The zero-order valence-electron chi connectivity index (χ0n) is 25.0. The van der Waals surface area contributed by atoms with Crippen LogP contribution >= 0.6 is 0 Å². The van der Waals surface area contributed by atoms with Crippen LogP contribution in [0.15, 0.2) is 30.5 Å². The Labute approximate surface area is 246 Å². The van der Waals surface area contributed by atoms with E-state index in [1.54, 1.807) is 4.90 Å². The first-order valence-electron chi connectivity index (χ1n) is 15.4.